The largest absolute Gasteiger partial charge is 0.457 e. The lowest BCUT2D eigenvalue weighted by Gasteiger charge is -2.33. The van der Waals surface area contributed by atoms with Crippen LogP contribution in [0.25, 0.3) is 0 Å². The molecule has 3 aromatic rings. The molecule has 0 aliphatic rings. The quantitative estimate of drug-likeness (QED) is 0.375. The predicted molar refractivity (Wildman–Crippen MR) is 154 cm³/mol. The van der Waals surface area contributed by atoms with Crippen LogP contribution in [0.5, 0.6) is 11.5 Å². The van der Waals surface area contributed by atoms with Crippen molar-refractivity contribution in [1.29, 1.82) is 0 Å². The van der Waals surface area contributed by atoms with Crippen molar-refractivity contribution in [2.75, 3.05) is 23.7 Å². The monoisotopic (exact) mass is 551 g/mol. The highest BCUT2D eigenvalue weighted by molar-refractivity contribution is 7.92. The van der Waals surface area contributed by atoms with E-state index in [2.05, 4.69) is 5.32 Å². The lowest BCUT2D eigenvalue weighted by Crippen LogP contribution is -2.55. The third-order valence-electron chi connectivity index (χ3n) is 5.93. The number of carbonyl (C=O) groups excluding carboxylic acids is 2. The summed E-state index contributed by atoms with van der Waals surface area (Å²) in [6, 6.07) is 24.5. The molecule has 0 fully saturated rings. The van der Waals surface area contributed by atoms with E-state index in [1.807, 2.05) is 81.4 Å². The van der Waals surface area contributed by atoms with Gasteiger partial charge in [-0.25, -0.2) is 8.42 Å². The van der Waals surface area contributed by atoms with Gasteiger partial charge in [0.15, 0.2) is 0 Å². The summed E-state index contributed by atoms with van der Waals surface area (Å²) < 4.78 is 32.4. The molecule has 0 radical (unpaired) electrons. The SMILES string of the molecule is CC(C(=O)NC(C)(C)C)N(CCc1ccccc1)C(=O)CN(c1ccc(Oc2ccccc2)cc1)S(C)(=O)=O. The number of ether oxygens (including phenoxy) is 1. The van der Waals surface area contributed by atoms with E-state index in [1.54, 1.807) is 31.2 Å². The Kier molecular flexibility index (Phi) is 9.75. The van der Waals surface area contributed by atoms with E-state index in [0.29, 0.717) is 23.6 Å². The Labute approximate surface area is 231 Å². The summed E-state index contributed by atoms with van der Waals surface area (Å²) in [7, 11) is -3.82. The summed E-state index contributed by atoms with van der Waals surface area (Å²) in [5, 5.41) is 2.92. The van der Waals surface area contributed by atoms with Crippen LogP contribution >= 0.6 is 0 Å². The summed E-state index contributed by atoms with van der Waals surface area (Å²) in [4.78, 5) is 28.1. The van der Waals surface area contributed by atoms with Crippen LogP contribution in [0.2, 0.25) is 0 Å². The first-order valence-corrected chi connectivity index (χ1v) is 14.6. The standard InChI is InChI=1S/C30H37N3O5S/c1-23(29(35)31-30(2,3)4)32(21-20-24-12-8-6-9-13-24)28(34)22-33(39(5,36)37)25-16-18-27(19-17-25)38-26-14-10-7-11-15-26/h6-19,23H,20-22H2,1-5H3,(H,31,35). The van der Waals surface area contributed by atoms with Crippen LogP contribution in [-0.2, 0) is 26.0 Å². The van der Waals surface area contributed by atoms with Crippen molar-refractivity contribution in [2.45, 2.75) is 45.7 Å². The third-order valence-corrected chi connectivity index (χ3v) is 7.07. The molecule has 0 aromatic heterocycles. The van der Waals surface area contributed by atoms with Crippen LogP contribution in [0.3, 0.4) is 0 Å². The van der Waals surface area contributed by atoms with Crippen LogP contribution in [0.1, 0.15) is 33.3 Å². The highest BCUT2D eigenvalue weighted by Crippen LogP contribution is 2.26. The Morgan fingerprint density at radius 2 is 1.41 bits per heavy atom. The Bertz CT molecular complexity index is 1340. The van der Waals surface area contributed by atoms with Gasteiger partial charge in [-0.3, -0.25) is 13.9 Å². The Morgan fingerprint density at radius 3 is 1.95 bits per heavy atom. The second kappa shape index (κ2) is 12.8. The molecule has 0 saturated heterocycles. The molecular weight excluding hydrogens is 514 g/mol. The number of amides is 2. The number of rotatable bonds is 11. The van der Waals surface area contributed by atoms with Gasteiger partial charge in [0.2, 0.25) is 21.8 Å². The molecule has 208 valence electrons. The molecule has 2 amide bonds. The Balaban J connectivity index is 1.82. The fourth-order valence-electron chi connectivity index (χ4n) is 3.96. The van der Waals surface area contributed by atoms with Crippen LogP contribution in [0.4, 0.5) is 5.69 Å². The molecule has 1 atom stereocenters. The predicted octanol–water partition coefficient (Wildman–Crippen LogP) is 4.62. The summed E-state index contributed by atoms with van der Waals surface area (Å²) in [6.07, 6.45) is 1.57. The highest BCUT2D eigenvalue weighted by Gasteiger charge is 2.31. The van der Waals surface area contributed by atoms with Gasteiger partial charge in [-0.2, -0.15) is 0 Å². The van der Waals surface area contributed by atoms with Crippen LogP contribution in [-0.4, -0.2) is 56.1 Å². The lowest BCUT2D eigenvalue weighted by molar-refractivity contribution is -0.139. The van der Waals surface area contributed by atoms with E-state index >= 15 is 0 Å². The molecule has 0 aliphatic carbocycles. The zero-order chi connectivity index (χ0) is 28.6. The van der Waals surface area contributed by atoms with Crippen molar-refractivity contribution in [2.24, 2.45) is 0 Å². The fourth-order valence-corrected chi connectivity index (χ4v) is 4.81. The molecule has 0 aliphatic heterocycles. The first-order chi connectivity index (χ1) is 18.3. The minimum atomic E-state index is -3.82. The number of hydrogen-bond acceptors (Lipinski definition) is 5. The molecule has 1 N–H and O–H groups in total. The van der Waals surface area contributed by atoms with E-state index in [1.165, 1.54) is 4.90 Å². The Morgan fingerprint density at radius 1 is 0.872 bits per heavy atom. The van der Waals surface area contributed by atoms with Crippen LogP contribution in [0.15, 0.2) is 84.9 Å². The number of nitrogens with one attached hydrogen (secondary N) is 1. The molecule has 8 nitrogen and oxygen atoms in total. The van der Waals surface area contributed by atoms with Crippen LogP contribution in [0, 0.1) is 0 Å². The van der Waals surface area contributed by atoms with Crippen molar-refractivity contribution in [3.8, 4) is 11.5 Å². The summed E-state index contributed by atoms with van der Waals surface area (Å²) in [5.74, 6) is 0.397. The van der Waals surface area contributed by atoms with Gasteiger partial charge in [-0.15, -0.1) is 0 Å². The normalized spacial score (nSPS) is 12.3. The van der Waals surface area contributed by atoms with Crippen molar-refractivity contribution < 1.29 is 22.7 Å². The second-order valence-corrected chi connectivity index (χ2v) is 12.3. The number of benzene rings is 3. The van der Waals surface area contributed by atoms with Crippen molar-refractivity contribution in [3.05, 3.63) is 90.5 Å². The van der Waals surface area contributed by atoms with Gasteiger partial charge in [0, 0.05) is 12.1 Å². The Hall–Kier alpha value is -3.85. The zero-order valence-electron chi connectivity index (χ0n) is 23.1. The smallest absolute Gasteiger partial charge is 0.244 e. The molecule has 0 heterocycles. The van der Waals surface area contributed by atoms with E-state index in [0.717, 1.165) is 16.1 Å². The van der Waals surface area contributed by atoms with Gasteiger partial charge < -0.3 is 15.0 Å². The molecule has 39 heavy (non-hydrogen) atoms. The number of carbonyl (C=O) groups is 2. The van der Waals surface area contributed by atoms with Gasteiger partial charge in [-0.05, 0) is 76.1 Å². The number of hydrogen-bond donors (Lipinski definition) is 1. The minimum absolute atomic E-state index is 0.253. The molecular formula is C30H37N3O5S. The zero-order valence-corrected chi connectivity index (χ0v) is 23.9. The average Bonchev–Trinajstić information content (AvgIpc) is 2.87. The summed E-state index contributed by atoms with van der Waals surface area (Å²) >= 11 is 0. The van der Waals surface area contributed by atoms with E-state index in [9.17, 15) is 18.0 Å². The second-order valence-electron chi connectivity index (χ2n) is 10.4. The lowest BCUT2D eigenvalue weighted by atomic mass is 10.1. The average molecular weight is 552 g/mol. The molecule has 0 saturated carbocycles. The molecule has 0 spiro atoms. The molecule has 3 aromatic carbocycles. The fraction of sp³-hybridized carbons (Fsp3) is 0.333. The molecule has 3 rings (SSSR count). The van der Waals surface area contributed by atoms with Crippen molar-refractivity contribution in [1.82, 2.24) is 10.2 Å². The number of para-hydroxylation sites is 1. The van der Waals surface area contributed by atoms with E-state index in [4.69, 9.17) is 4.74 Å². The van der Waals surface area contributed by atoms with Crippen LogP contribution < -0.4 is 14.4 Å². The van der Waals surface area contributed by atoms with Gasteiger partial charge in [0.25, 0.3) is 0 Å². The topological polar surface area (TPSA) is 96.0 Å². The maximum absolute atomic E-state index is 13.6. The highest BCUT2D eigenvalue weighted by atomic mass is 32.2. The summed E-state index contributed by atoms with van der Waals surface area (Å²) in [5.41, 5.74) is 0.843. The first kappa shape index (κ1) is 29.7. The molecule has 0 bridgehead atoms. The van der Waals surface area contributed by atoms with E-state index < -0.39 is 34.1 Å². The molecule has 1 unspecified atom stereocenters. The van der Waals surface area contributed by atoms with Gasteiger partial charge >= 0.3 is 0 Å². The minimum Gasteiger partial charge on any atom is -0.457 e. The van der Waals surface area contributed by atoms with Gasteiger partial charge in [0.1, 0.15) is 24.1 Å². The number of sulfonamides is 1. The maximum Gasteiger partial charge on any atom is 0.244 e. The van der Waals surface area contributed by atoms with Crippen molar-refractivity contribution in [3.63, 3.8) is 0 Å². The maximum atomic E-state index is 13.6. The number of anilines is 1. The first-order valence-electron chi connectivity index (χ1n) is 12.8. The van der Waals surface area contributed by atoms with E-state index in [-0.39, 0.29) is 12.5 Å². The molecule has 9 heteroatoms. The number of nitrogens with zero attached hydrogens (tertiary/aromatic N) is 2. The van der Waals surface area contributed by atoms with Gasteiger partial charge in [0.05, 0.1) is 11.9 Å². The summed E-state index contributed by atoms with van der Waals surface area (Å²) in [6.45, 7) is 7.06. The van der Waals surface area contributed by atoms with Crippen molar-refractivity contribution >= 4 is 27.5 Å². The third kappa shape index (κ3) is 9.14. The van der Waals surface area contributed by atoms with Gasteiger partial charge in [-0.1, -0.05) is 48.5 Å².